The van der Waals surface area contributed by atoms with E-state index in [0.717, 1.165) is 39.5 Å². The van der Waals surface area contributed by atoms with Gasteiger partial charge in [-0.3, -0.25) is 0 Å². The summed E-state index contributed by atoms with van der Waals surface area (Å²) < 4.78 is 3.45. The van der Waals surface area contributed by atoms with Crippen molar-refractivity contribution in [2.45, 2.75) is 0 Å². The molecule has 2 heterocycles. The van der Waals surface area contributed by atoms with Crippen molar-refractivity contribution in [2.75, 3.05) is 0 Å². The first-order chi connectivity index (χ1) is 20.6. The molecule has 0 fully saturated rings. The minimum absolute atomic E-state index is 0.201. The van der Waals surface area contributed by atoms with E-state index in [9.17, 15) is 9.59 Å². The van der Waals surface area contributed by atoms with Crippen molar-refractivity contribution in [3.63, 3.8) is 0 Å². The van der Waals surface area contributed by atoms with Gasteiger partial charge in [0.05, 0.1) is 50.4 Å². The highest BCUT2D eigenvalue weighted by molar-refractivity contribution is 6.30. The zero-order valence-electron chi connectivity index (χ0n) is 22.4. The van der Waals surface area contributed by atoms with Gasteiger partial charge in [-0.2, -0.15) is 0 Å². The van der Waals surface area contributed by atoms with Crippen molar-refractivity contribution >= 4 is 11.6 Å². The Morgan fingerprint density at radius 1 is 0.452 bits per heavy atom. The Kier molecular flexibility index (Phi) is 6.46. The average Bonchev–Trinajstić information content (AvgIpc) is 3.20. The predicted molar refractivity (Wildman–Crippen MR) is 169 cm³/mol. The van der Waals surface area contributed by atoms with E-state index >= 15 is 0 Å². The molecule has 2 aliphatic carbocycles. The van der Waals surface area contributed by atoms with Gasteiger partial charge < -0.3 is 0 Å². The van der Waals surface area contributed by atoms with Gasteiger partial charge in [0, 0.05) is 0 Å². The lowest BCUT2D eigenvalue weighted by molar-refractivity contribution is 1.01. The molecule has 5 heteroatoms. The molecular formula is C37H24ClN2O2+. The Balaban J connectivity index is 1.62. The molecule has 0 radical (unpaired) electrons. The summed E-state index contributed by atoms with van der Waals surface area (Å²) in [6.07, 6.45) is 0. The van der Waals surface area contributed by atoms with Crippen molar-refractivity contribution in [3.05, 3.63) is 194 Å². The molecule has 4 aliphatic rings. The van der Waals surface area contributed by atoms with Gasteiger partial charge in [0.15, 0.2) is 0 Å². The molecule has 3 aromatic rings. The van der Waals surface area contributed by atoms with Crippen LogP contribution in [-0.2, 0) is 0 Å². The maximum absolute atomic E-state index is 14.6. The Labute approximate surface area is 248 Å². The average molecular weight is 564 g/mol. The zero-order valence-corrected chi connectivity index (χ0v) is 23.2. The molecule has 2 aliphatic heterocycles. The lowest BCUT2D eigenvalue weighted by Crippen LogP contribution is -2.24. The van der Waals surface area contributed by atoms with Crippen LogP contribution in [0.5, 0.6) is 0 Å². The largest absolute Gasteiger partial charge is 0.312 e. The van der Waals surface area contributed by atoms with E-state index < -0.39 is 0 Å². The first-order valence-electron chi connectivity index (χ1n) is 13.7. The maximum atomic E-state index is 14.6. The van der Waals surface area contributed by atoms with Crippen molar-refractivity contribution in [1.29, 1.82) is 0 Å². The van der Waals surface area contributed by atoms with Gasteiger partial charge in [0.2, 0.25) is 0 Å². The van der Waals surface area contributed by atoms with Crippen molar-refractivity contribution in [2.24, 2.45) is 0 Å². The van der Waals surface area contributed by atoms with Crippen LogP contribution in [0.15, 0.2) is 155 Å². The molecule has 7 rings (SSSR count). The van der Waals surface area contributed by atoms with Crippen molar-refractivity contribution < 1.29 is 0 Å². The fourth-order valence-corrected chi connectivity index (χ4v) is 5.87. The number of nitrogens with zero attached hydrogens (tertiary/aromatic N) is 2. The third kappa shape index (κ3) is 4.21. The summed E-state index contributed by atoms with van der Waals surface area (Å²) in [6.45, 7) is 0. The summed E-state index contributed by atoms with van der Waals surface area (Å²) in [6, 6.07) is 45.8. The number of fused-ring (bicyclic) bond motifs is 2. The summed E-state index contributed by atoms with van der Waals surface area (Å²) in [7, 11) is 0. The van der Waals surface area contributed by atoms with Crippen LogP contribution in [-0.4, -0.2) is 9.13 Å². The molecule has 42 heavy (non-hydrogen) atoms. The first-order valence-corrected chi connectivity index (χ1v) is 14.0. The predicted octanol–water partition coefficient (Wildman–Crippen LogP) is 7.87. The second-order valence-electron chi connectivity index (χ2n) is 10.0. The minimum atomic E-state index is -0.201. The quantitative estimate of drug-likeness (QED) is 0.200. The van der Waals surface area contributed by atoms with Gasteiger partial charge in [0.1, 0.15) is 11.1 Å². The fraction of sp³-hybridized carbons (Fsp3) is 0. The maximum Gasteiger partial charge on any atom is 0.312 e. The Morgan fingerprint density at radius 2 is 0.833 bits per heavy atom. The van der Waals surface area contributed by atoms with Gasteiger partial charge in [-0.1, -0.05) is 84.4 Å². The lowest BCUT2D eigenvalue weighted by atomic mass is 9.83. The van der Waals surface area contributed by atoms with Crippen LogP contribution >= 0.6 is 11.6 Å². The summed E-state index contributed by atoms with van der Waals surface area (Å²) in [5, 5.41) is 0.569. The molecule has 0 N–H and O–H groups in total. The molecule has 0 unspecified atom stereocenters. The van der Waals surface area contributed by atoms with Crippen LogP contribution in [0, 0.1) is 5.92 Å². The van der Waals surface area contributed by atoms with E-state index in [2.05, 4.69) is 0 Å². The van der Waals surface area contributed by atoms with Gasteiger partial charge in [-0.15, -0.1) is 0 Å². The molecule has 0 saturated carbocycles. The second kappa shape index (κ2) is 10.6. The van der Waals surface area contributed by atoms with E-state index in [4.69, 9.17) is 11.6 Å². The van der Waals surface area contributed by atoms with E-state index in [0.29, 0.717) is 22.1 Å². The molecule has 0 spiro atoms. The molecule has 0 amide bonds. The Hall–Kier alpha value is -5.32. The second-order valence-corrected chi connectivity index (χ2v) is 10.4. The van der Waals surface area contributed by atoms with Crippen molar-refractivity contribution in [3.8, 4) is 33.9 Å². The SMILES string of the molecule is O=c1c([C+](c2ccc(Cl)cc2)c2c3cccccc-3n(-c3ccccc3)c2=O)c2cccccc-2n1-c1ccccc1. The van der Waals surface area contributed by atoms with Gasteiger partial charge in [0.25, 0.3) is 0 Å². The summed E-state index contributed by atoms with van der Waals surface area (Å²) in [5.74, 6) is 0.568. The van der Waals surface area contributed by atoms with Gasteiger partial charge >= 0.3 is 11.1 Å². The number of benzene rings is 3. The molecule has 0 atom stereocenters. The van der Waals surface area contributed by atoms with E-state index in [1.165, 1.54) is 0 Å². The monoisotopic (exact) mass is 563 g/mol. The number of halogens is 1. The fourth-order valence-electron chi connectivity index (χ4n) is 5.74. The lowest BCUT2D eigenvalue weighted by Gasteiger charge is -2.11. The topological polar surface area (TPSA) is 44.0 Å². The molecule has 3 aromatic carbocycles. The van der Waals surface area contributed by atoms with Gasteiger partial charge in [-0.25, -0.2) is 18.7 Å². The van der Waals surface area contributed by atoms with Crippen LogP contribution in [0.25, 0.3) is 33.9 Å². The normalized spacial score (nSPS) is 11.2. The van der Waals surface area contributed by atoms with E-state index in [1.54, 1.807) is 21.3 Å². The molecule has 4 nitrogen and oxygen atoms in total. The summed E-state index contributed by atoms with van der Waals surface area (Å²) >= 11 is 6.32. The molecule has 0 saturated heterocycles. The Morgan fingerprint density at radius 3 is 1.26 bits per heavy atom. The molecule has 0 aromatic heterocycles. The van der Waals surface area contributed by atoms with E-state index in [1.807, 2.05) is 133 Å². The molecule has 200 valence electrons. The van der Waals surface area contributed by atoms with E-state index in [-0.39, 0.29) is 11.1 Å². The number of hydrogen-bond acceptors (Lipinski definition) is 2. The first kappa shape index (κ1) is 25.6. The third-order valence-corrected chi connectivity index (χ3v) is 7.80. The number of aromatic nitrogens is 2. The molecular weight excluding hydrogens is 540 g/mol. The van der Waals surface area contributed by atoms with Crippen LogP contribution in [0.3, 0.4) is 0 Å². The van der Waals surface area contributed by atoms with Gasteiger partial charge in [-0.05, 0) is 72.8 Å². The summed E-state index contributed by atoms with van der Waals surface area (Å²) in [5.41, 5.74) is 5.75. The third-order valence-electron chi connectivity index (χ3n) is 7.55. The Bertz CT molecular complexity index is 1950. The van der Waals surface area contributed by atoms with Crippen LogP contribution in [0.2, 0.25) is 5.02 Å². The number of rotatable bonds is 5. The standard InChI is InChI=1S/C37H24ClN2O2/c38-26-23-21-25(22-24-26)33(34-29-17-9-3-11-19-31(29)39(36(34)41)27-13-5-1-6-14-27)35-30-18-10-4-12-20-32(30)40(37(35)42)28-15-7-2-8-16-28/h1-24H/q+1. The van der Waals surface area contributed by atoms with Crippen molar-refractivity contribution in [1.82, 2.24) is 9.13 Å². The number of hydrogen-bond donors (Lipinski definition) is 0. The highest BCUT2D eigenvalue weighted by Crippen LogP contribution is 2.41. The summed E-state index contributed by atoms with van der Waals surface area (Å²) in [4.78, 5) is 29.3. The highest BCUT2D eigenvalue weighted by atomic mass is 35.5. The zero-order chi connectivity index (χ0) is 28.6. The van der Waals surface area contributed by atoms with Crippen LogP contribution in [0.1, 0.15) is 16.7 Å². The van der Waals surface area contributed by atoms with Crippen LogP contribution < -0.4 is 11.1 Å². The number of para-hydroxylation sites is 2. The highest BCUT2D eigenvalue weighted by Gasteiger charge is 2.40. The molecule has 0 bridgehead atoms. The van der Waals surface area contributed by atoms with Crippen LogP contribution in [0.4, 0.5) is 0 Å². The minimum Gasteiger partial charge on any atom is -0.248 e. The smallest absolute Gasteiger partial charge is 0.248 e.